The largest absolute Gasteiger partial charge is 0.358 e. The summed E-state index contributed by atoms with van der Waals surface area (Å²) in [5.41, 5.74) is 5.14. The van der Waals surface area contributed by atoms with Crippen LogP contribution in [0.1, 0.15) is 12.0 Å². The van der Waals surface area contributed by atoms with Crippen LogP contribution in [-0.2, 0) is 6.54 Å². The Morgan fingerprint density at radius 1 is 1.17 bits per heavy atom. The van der Waals surface area contributed by atoms with Crippen LogP contribution in [0.3, 0.4) is 0 Å². The predicted octanol–water partition coefficient (Wildman–Crippen LogP) is 0.408. The molecule has 0 fully saturated rings. The zero-order valence-electron chi connectivity index (χ0n) is 7.42. The first kappa shape index (κ1) is 9.23. The summed E-state index contributed by atoms with van der Waals surface area (Å²) < 4.78 is 0. The Morgan fingerprint density at radius 3 is 2.58 bits per heavy atom. The molecule has 12 heavy (non-hydrogen) atoms. The van der Waals surface area contributed by atoms with E-state index in [2.05, 4.69) is 35.3 Å². The van der Waals surface area contributed by atoms with Gasteiger partial charge < -0.3 is 11.1 Å². The van der Waals surface area contributed by atoms with Crippen LogP contribution >= 0.6 is 0 Å². The van der Waals surface area contributed by atoms with Crippen LogP contribution in [-0.4, -0.2) is 13.1 Å². The molecule has 2 nitrogen and oxygen atoms in total. The van der Waals surface area contributed by atoms with E-state index < -0.39 is 0 Å². The third-order valence-corrected chi connectivity index (χ3v) is 1.78. The van der Waals surface area contributed by atoms with E-state index in [-0.39, 0.29) is 0 Å². The molecule has 0 radical (unpaired) electrons. The molecule has 0 aliphatic heterocycles. The molecular formula is C10H17N2+. The number of benzene rings is 1. The summed E-state index contributed by atoms with van der Waals surface area (Å²) in [6.45, 7) is 3.06. The monoisotopic (exact) mass is 165 g/mol. The Hall–Kier alpha value is -0.860. The van der Waals surface area contributed by atoms with E-state index in [1.54, 1.807) is 0 Å². The van der Waals surface area contributed by atoms with Gasteiger partial charge in [-0.1, -0.05) is 30.3 Å². The molecule has 0 amide bonds. The van der Waals surface area contributed by atoms with Gasteiger partial charge in [-0.05, 0) is 5.56 Å². The minimum absolute atomic E-state index is 0.973. The van der Waals surface area contributed by atoms with Gasteiger partial charge in [-0.15, -0.1) is 0 Å². The third-order valence-electron chi connectivity index (χ3n) is 1.78. The standard InChI is InChI=1S/C10H16N2/c11-7-4-8-12-9-10-5-2-1-3-6-10/h1-3,5-6,12H,4,7-9,11H2/p+1. The van der Waals surface area contributed by atoms with Crippen LogP contribution in [0.5, 0.6) is 0 Å². The van der Waals surface area contributed by atoms with E-state index in [1.807, 2.05) is 6.07 Å². The highest BCUT2D eigenvalue weighted by atomic mass is 14.8. The quantitative estimate of drug-likeness (QED) is 0.609. The van der Waals surface area contributed by atoms with Crippen molar-refractivity contribution in [2.45, 2.75) is 13.0 Å². The van der Waals surface area contributed by atoms with E-state index in [9.17, 15) is 0 Å². The number of hydrogen-bond acceptors (Lipinski definition) is 1. The Balaban J connectivity index is 2.16. The second-order valence-corrected chi connectivity index (χ2v) is 2.87. The average molecular weight is 165 g/mol. The molecule has 0 saturated carbocycles. The van der Waals surface area contributed by atoms with E-state index in [4.69, 9.17) is 0 Å². The van der Waals surface area contributed by atoms with Crippen molar-refractivity contribution in [2.24, 2.45) is 0 Å². The minimum Gasteiger partial charge on any atom is -0.358 e. The first-order valence-electron chi connectivity index (χ1n) is 4.47. The SMILES string of the molecule is [NH3+]CCCNCc1ccccc1. The molecular weight excluding hydrogens is 148 g/mol. The Kier molecular flexibility index (Phi) is 4.42. The normalized spacial score (nSPS) is 10.1. The number of nitrogens with one attached hydrogen (secondary N) is 1. The molecule has 0 aromatic heterocycles. The van der Waals surface area contributed by atoms with Gasteiger partial charge in [0.05, 0.1) is 6.54 Å². The van der Waals surface area contributed by atoms with Crippen LogP contribution < -0.4 is 11.1 Å². The topological polar surface area (TPSA) is 39.7 Å². The molecule has 0 aliphatic carbocycles. The number of quaternary nitrogens is 1. The maximum absolute atomic E-state index is 3.79. The van der Waals surface area contributed by atoms with Crippen molar-refractivity contribution in [3.63, 3.8) is 0 Å². The number of hydrogen-bond donors (Lipinski definition) is 2. The van der Waals surface area contributed by atoms with Gasteiger partial charge in [0.1, 0.15) is 0 Å². The Labute approximate surface area is 73.8 Å². The molecule has 1 aromatic carbocycles. The van der Waals surface area contributed by atoms with Crippen LogP contribution in [0.15, 0.2) is 30.3 Å². The smallest absolute Gasteiger partial charge is 0.0752 e. The maximum atomic E-state index is 3.79. The first-order chi connectivity index (χ1) is 5.93. The molecule has 4 N–H and O–H groups in total. The molecule has 0 bridgehead atoms. The zero-order chi connectivity index (χ0) is 8.65. The molecule has 0 saturated heterocycles. The highest BCUT2D eigenvalue weighted by molar-refractivity contribution is 5.14. The summed E-state index contributed by atoms with van der Waals surface area (Å²) in [4.78, 5) is 0. The molecule has 0 atom stereocenters. The van der Waals surface area contributed by atoms with Gasteiger partial charge in [-0.3, -0.25) is 0 Å². The van der Waals surface area contributed by atoms with Crippen molar-refractivity contribution >= 4 is 0 Å². The van der Waals surface area contributed by atoms with Crippen molar-refractivity contribution in [1.82, 2.24) is 5.32 Å². The summed E-state index contributed by atoms with van der Waals surface area (Å²) in [6, 6.07) is 10.4. The highest BCUT2D eigenvalue weighted by Gasteiger charge is 1.89. The van der Waals surface area contributed by atoms with Crippen molar-refractivity contribution in [3.8, 4) is 0 Å². The fourth-order valence-electron chi connectivity index (χ4n) is 1.08. The van der Waals surface area contributed by atoms with E-state index >= 15 is 0 Å². The lowest BCUT2D eigenvalue weighted by Crippen LogP contribution is -2.51. The van der Waals surface area contributed by atoms with Gasteiger partial charge in [-0.2, -0.15) is 0 Å². The first-order valence-corrected chi connectivity index (χ1v) is 4.47. The molecule has 2 heteroatoms. The predicted molar refractivity (Wildman–Crippen MR) is 50.5 cm³/mol. The summed E-state index contributed by atoms with van der Waals surface area (Å²) in [6.07, 6.45) is 1.16. The molecule has 0 heterocycles. The van der Waals surface area contributed by atoms with Gasteiger partial charge in [-0.25, -0.2) is 0 Å². The molecule has 1 aromatic rings. The van der Waals surface area contributed by atoms with Crippen molar-refractivity contribution < 1.29 is 5.73 Å². The maximum Gasteiger partial charge on any atom is 0.0752 e. The summed E-state index contributed by atoms with van der Waals surface area (Å²) in [7, 11) is 0. The average Bonchev–Trinajstić information content (AvgIpc) is 2.14. The molecule has 0 unspecified atom stereocenters. The fraction of sp³-hybridized carbons (Fsp3) is 0.400. The number of rotatable bonds is 5. The molecule has 0 aliphatic rings. The lowest BCUT2D eigenvalue weighted by atomic mass is 10.2. The molecule has 1 rings (SSSR count). The van der Waals surface area contributed by atoms with Crippen molar-refractivity contribution in [2.75, 3.05) is 13.1 Å². The minimum atomic E-state index is 0.973. The lowest BCUT2D eigenvalue weighted by Gasteiger charge is -2.01. The van der Waals surface area contributed by atoms with Crippen molar-refractivity contribution in [1.29, 1.82) is 0 Å². The van der Waals surface area contributed by atoms with Gasteiger partial charge in [0.15, 0.2) is 0 Å². The van der Waals surface area contributed by atoms with E-state index in [0.29, 0.717) is 0 Å². The Bertz CT molecular complexity index is 196. The highest BCUT2D eigenvalue weighted by Crippen LogP contribution is 1.96. The van der Waals surface area contributed by atoms with Crippen LogP contribution in [0.4, 0.5) is 0 Å². The summed E-state index contributed by atoms with van der Waals surface area (Å²) in [5.74, 6) is 0. The lowest BCUT2D eigenvalue weighted by molar-refractivity contribution is -0.367. The van der Waals surface area contributed by atoms with Gasteiger partial charge in [0, 0.05) is 19.5 Å². The van der Waals surface area contributed by atoms with E-state index in [0.717, 1.165) is 26.1 Å². The van der Waals surface area contributed by atoms with Gasteiger partial charge >= 0.3 is 0 Å². The molecule has 0 spiro atoms. The van der Waals surface area contributed by atoms with Gasteiger partial charge in [0.2, 0.25) is 0 Å². The Morgan fingerprint density at radius 2 is 1.92 bits per heavy atom. The fourth-order valence-corrected chi connectivity index (χ4v) is 1.08. The summed E-state index contributed by atoms with van der Waals surface area (Å²) in [5, 5.41) is 3.36. The van der Waals surface area contributed by atoms with Crippen LogP contribution in [0.2, 0.25) is 0 Å². The molecule has 66 valence electrons. The van der Waals surface area contributed by atoms with Crippen molar-refractivity contribution in [3.05, 3.63) is 35.9 Å². The van der Waals surface area contributed by atoms with Crippen LogP contribution in [0.25, 0.3) is 0 Å². The summed E-state index contributed by atoms with van der Waals surface area (Å²) >= 11 is 0. The second kappa shape index (κ2) is 5.75. The van der Waals surface area contributed by atoms with Crippen LogP contribution in [0, 0.1) is 0 Å². The van der Waals surface area contributed by atoms with E-state index in [1.165, 1.54) is 5.56 Å². The second-order valence-electron chi connectivity index (χ2n) is 2.87. The van der Waals surface area contributed by atoms with Gasteiger partial charge in [0.25, 0.3) is 0 Å². The zero-order valence-corrected chi connectivity index (χ0v) is 7.42. The third kappa shape index (κ3) is 3.51.